The third-order valence-corrected chi connectivity index (χ3v) is 4.48. The van der Waals surface area contributed by atoms with Crippen molar-refractivity contribution in [1.82, 2.24) is 5.32 Å². The molecule has 0 saturated heterocycles. The number of nitrogens with one attached hydrogen (secondary N) is 1. The molecule has 2 aromatic carbocycles. The van der Waals surface area contributed by atoms with E-state index in [0.29, 0.717) is 32.9 Å². The average molecular weight is 384 g/mol. The summed E-state index contributed by atoms with van der Waals surface area (Å²) in [7, 11) is 4.47. The lowest BCUT2D eigenvalue weighted by Gasteiger charge is -2.18. The molecule has 2 rings (SSSR count). The van der Waals surface area contributed by atoms with Crippen molar-refractivity contribution in [3.63, 3.8) is 0 Å². The second kappa shape index (κ2) is 8.32. The van der Waals surface area contributed by atoms with Gasteiger partial charge in [0, 0.05) is 0 Å². The zero-order chi connectivity index (χ0) is 18.6. The largest absolute Gasteiger partial charge is 0.493 e. The Morgan fingerprint density at radius 2 is 1.64 bits per heavy atom. The van der Waals surface area contributed by atoms with E-state index < -0.39 is 0 Å². The Kier molecular flexibility index (Phi) is 6.39. The van der Waals surface area contributed by atoms with Crippen LogP contribution in [0.4, 0.5) is 0 Å². The highest BCUT2D eigenvalue weighted by molar-refractivity contribution is 6.42. The van der Waals surface area contributed by atoms with Crippen LogP contribution in [0.15, 0.2) is 30.3 Å². The molecule has 0 fully saturated rings. The number of halogens is 2. The van der Waals surface area contributed by atoms with Crippen LogP contribution in [-0.4, -0.2) is 27.2 Å². The van der Waals surface area contributed by atoms with E-state index >= 15 is 0 Å². The predicted octanol–water partition coefficient (Wildman–Crippen LogP) is 4.51. The molecule has 1 amide bonds. The molecule has 1 unspecified atom stereocenters. The Balaban J connectivity index is 2.29. The fraction of sp³-hybridized carbons (Fsp3) is 0.278. The van der Waals surface area contributed by atoms with E-state index in [1.807, 2.05) is 13.0 Å². The Labute approximate surface area is 156 Å². The first-order valence-electron chi connectivity index (χ1n) is 7.47. The number of carbonyl (C=O) groups is 1. The van der Waals surface area contributed by atoms with Crippen molar-refractivity contribution in [2.24, 2.45) is 0 Å². The van der Waals surface area contributed by atoms with Crippen LogP contribution in [-0.2, 0) is 0 Å². The molecule has 0 aromatic heterocycles. The van der Waals surface area contributed by atoms with Gasteiger partial charge in [-0.2, -0.15) is 0 Å². The van der Waals surface area contributed by atoms with Crippen molar-refractivity contribution >= 4 is 29.1 Å². The molecule has 0 aliphatic heterocycles. The first kappa shape index (κ1) is 19.2. The van der Waals surface area contributed by atoms with Crippen molar-refractivity contribution in [2.75, 3.05) is 21.3 Å². The van der Waals surface area contributed by atoms with Crippen molar-refractivity contribution in [1.29, 1.82) is 0 Å². The van der Waals surface area contributed by atoms with Gasteiger partial charge in [0.2, 0.25) is 5.75 Å². The summed E-state index contributed by atoms with van der Waals surface area (Å²) < 4.78 is 15.9. The number of carbonyl (C=O) groups excluding carboxylic acids is 1. The van der Waals surface area contributed by atoms with Gasteiger partial charge in [0.05, 0.1) is 43.0 Å². The monoisotopic (exact) mass is 383 g/mol. The lowest BCUT2D eigenvalue weighted by Crippen LogP contribution is -2.27. The molecule has 0 bridgehead atoms. The third-order valence-electron chi connectivity index (χ3n) is 3.74. The highest BCUT2D eigenvalue weighted by Gasteiger charge is 2.22. The Hall–Kier alpha value is -2.11. The number of hydrogen-bond acceptors (Lipinski definition) is 4. The van der Waals surface area contributed by atoms with Crippen LogP contribution < -0.4 is 19.5 Å². The Morgan fingerprint density at radius 1 is 0.960 bits per heavy atom. The van der Waals surface area contributed by atoms with Gasteiger partial charge >= 0.3 is 0 Å². The van der Waals surface area contributed by atoms with Crippen LogP contribution in [0.3, 0.4) is 0 Å². The van der Waals surface area contributed by atoms with E-state index in [9.17, 15) is 4.79 Å². The summed E-state index contributed by atoms with van der Waals surface area (Å²) in [5.74, 6) is 0.838. The standard InChI is InChI=1S/C18H19Cl2NO4/c1-10(11-5-7-13(19)14(20)9-11)21-18(22)12-6-8-15(23-2)17(25-4)16(12)24-3/h5-10H,1-4H3,(H,21,22). The van der Waals surface area contributed by atoms with E-state index in [-0.39, 0.29) is 11.9 Å². The predicted molar refractivity (Wildman–Crippen MR) is 98.4 cm³/mol. The number of ether oxygens (including phenoxy) is 3. The summed E-state index contributed by atoms with van der Waals surface area (Å²) in [6.45, 7) is 1.85. The molecule has 2 aromatic rings. The molecular formula is C18H19Cl2NO4. The summed E-state index contributed by atoms with van der Waals surface area (Å²) in [4.78, 5) is 12.7. The fourth-order valence-electron chi connectivity index (χ4n) is 2.42. The number of amides is 1. The van der Waals surface area contributed by atoms with Gasteiger partial charge in [-0.1, -0.05) is 29.3 Å². The zero-order valence-corrected chi connectivity index (χ0v) is 15.9. The molecule has 134 valence electrons. The molecular weight excluding hydrogens is 365 g/mol. The zero-order valence-electron chi connectivity index (χ0n) is 14.4. The normalized spacial score (nSPS) is 11.6. The quantitative estimate of drug-likeness (QED) is 0.796. The first-order chi connectivity index (χ1) is 11.9. The average Bonchev–Trinajstić information content (AvgIpc) is 2.62. The van der Waals surface area contributed by atoms with E-state index in [1.165, 1.54) is 21.3 Å². The maximum atomic E-state index is 12.7. The van der Waals surface area contributed by atoms with Crippen LogP contribution in [0.25, 0.3) is 0 Å². The topological polar surface area (TPSA) is 56.8 Å². The minimum absolute atomic E-state index is 0.278. The number of hydrogen-bond donors (Lipinski definition) is 1. The molecule has 0 radical (unpaired) electrons. The molecule has 0 spiro atoms. The molecule has 0 aliphatic carbocycles. The van der Waals surface area contributed by atoms with E-state index in [1.54, 1.807) is 24.3 Å². The Morgan fingerprint density at radius 3 is 2.20 bits per heavy atom. The van der Waals surface area contributed by atoms with Crippen LogP contribution in [0.1, 0.15) is 28.9 Å². The van der Waals surface area contributed by atoms with Gasteiger partial charge in [-0.25, -0.2) is 0 Å². The summed E-state index contributed by atoms with van der Waals surface area (Å²) in [6.07, 6.45) is 0. The molecule has 25 heavy (non-hydrogen) atoms. The first-order valence-corrected chi connectivity index (χ1v) is 8.23. The Bertz CT molecular complexity index is 780. The molecule has 0 aliphatic rings. The maximum Gasteiger partial charge on any atom is 0.255 e. The van der Waals surface area contributed by atoms with Crippen molar-refractivity contribution in [3.8, 4) is 17.2 Å². The SMILES string of the molecule is COc1ccc(C(=O)NC(C)c2ccc(Cl)c(Cl)c2)c(OC)c1OC. The van der Waals surface area contributed by atoms with Gasteiger partial charge in [0.25, 0.3) is 5.91 Å². The van der Waals surface area contributed by atoms with Crippen LogP contribution in [0.2, 0.25) is 10.0 Å². The van der Waals surface area contributed by atoms with Gasteiger partial charge < -0.3 is 19.5 Å². The number of methoxy groups -OCH3 is 3. The molecule has 0 saturated carbocycles. The molecule has 5 nitrogen and oxygen atoms in total. The second-order valence-electron chi connectivity index (χ2n) is 5.25. The smallest absolute Gasteiger partial charge is 0.255 e. The van der Waals surface area contributed by atoms with Gasteiger partial charge in [-0.05, 0) is 36.8 Å². The van der Waals surface area contributed by atoms with Gasteiger partial charge in [-0.15, -0.1) is 0 Å². The summed E-state index contributed by atoms with van der Waals surface area (Å²) >= 11 is 12.0. The fourth-order valence-corrected chi connectivity index (χ4v) is 2.73. The van der Waals surface area contributed by atoms with Gasteiger partial charge in [0.15, 0.2) is 11.5 Å². The number of rotatable bonds is 6. The molecule has 7 heteroatoms. The summed E-state index contributed by atoms with van der Waals surface area (Å²) in [6, 6.07) is 8.22. The lowest BCUT2D eigenvalue weighted by molar-refractivity contribution is 0.0936. The summed E-state index contributed by atoms with van der Waals surface area (Å²) in [5.41, 5.74) is 1.18. The highest BCUT2D eigenvalue weighted by atomic mass is 35.5. The van der Waals surface area contributed by atoms with Gasteiger partial charge in [-0.3, -0.25) is 4.79 Å². The van der Waals surface area contributed by atoms with Crippen LogP contribution >= 0.6 is 23.2 Å². The maximum absolute atomic E-state index is 12.7. The minimum Gasteiger partial charge on any atom is -0.493 e. The van der Waals surface area contributed by atoms with Crippen molar-refractivity contribution in [2.45, 2.75) is 13.0 Å². The lowest BCUT2D eigenvalue weighted by atomic mass is 10.1. The molecule has 0 heterocycles. The molecule has 1 atom stereocenters. The third kappa shape index (κ3) is 4.11. The molecule has 1 N–H and O–H groups in total. The van der Waals surface area contributed by atoms with Crippen LogP contribution in [0.5, 0.6) is 17.2 Å². The highest BCUT2D eigenvalue weighted by Crippen LogP contribution is 2.39. The van der Waals surface area contributed by atoms with Gasteiger partial charge in [0.1, 0.15) is 0 Å². The minimum atomic E-state index is -0.309. The van der Waals surface area contributed by atoms with E-state index in [0.717, 1.165) is 5.56 Å². The van der Waals surface area contributed by atoms with Crippen LogP contribution in [0, 0.1) is 0 Å². The number of benzene rings is 2. The van der Waals surface area contributed by atoms with Crippen molar-refractivity contribution in [3.05, 3.63) is 51.5 Å². The second-order valence-corrected chi connectivity index (χ2v) is 6.06. The van der Waals surface area contributed by atoms with E-state index in [2.05, 4.69) is 5.32 Å². The summed E-state index contributed by atoms with van der Waals surface area (Å²) in [5, 5.41) is 3.80. The van der Waals surface area contributed by atoms with E-state index in [4.69, 9.17) is 37.4 Å². The van der Waals surface area contributed by atoms with Crippen molar-refractivity contribution < 1.29 is 19.0 Å².